The highest BCUT2D eigenvalue weighted by Crippen LogP contribution is 2.15. The largest absolute Gasteiger partial charge is 0.481 e. The summed E-state index contributed by atoms with van der Waals surface area (Å²) in [6.07, 6.45) is -0.623. The lowest BCUT2D eigenvalue weighted by atomic mass is 10.0. The van der Waals surface area contributed by atoms with Crippen molar-refractivity contribution in [2.75, 3.05) is 40.0 Å². The van der Waals surface area contributed by atoms with Crippen molar-refractivity contribution in [3.8, 4) is 0 Å². The van der Waals surface area contributed by atoms with Crippen molar-refractivity contribution in [3.05, 3.63) is 0 Å². The van der Waals surface area contributed by atoms with E-state index >= 15 is 0 Å². The van der Waals surface area contributed by atoms with Crippen LogP contribution in [-0.4, -0.2) is 73.2 Å². The molecule has 100 valence electrons. The third kappa shape index (κ3) is 4.99. The number of aliphatic hydroxyl groups excluding tert-OH is 1. The maximum atomic E-state index is 10.6. The first kappa shape index (κ1) is 14.4. The molecule has 0 amide bonds. The Hall–Kier alpha value is -0.690. The SMILES string of the molecule is COCC(C)OCC(O)CN1CC(C(=O)O)C1. The number of aliphatic hydroxyl groups is 1. The molecule has 1 heterocycles. The zero-order valence-corrected chi connectivity index (χ0v) is 10.3. The van der Waals surface area contributed by atoms with Gasteiger partial charge in [-0.1, -0.05) is 0 Å². The van der Waals surface area contributed by atoms with Crippen molar-refractivity contribution in [3.63, 3.8) is 0 Å². The zero-order valence-electron chi connectivity index (χ0n) is 10.3. The molecule has 1 saturated heterocycles. The van der Waals surface area contributed by atoms with Crippen LogP contribution in [0.2, 0.25) is 0 Å². The lowest BCUT2D eigenvalue weighted by Crippen LogP contribution is -2.53. The highest BCUT2D eigenvalue weighted by atomic mass is 16.5. The van der Waals surface area contributed by atoms with E-state index in [1.807, 2.05) is 11.8 Å². The molecule has 17 heavy (non-hydrogen) atoms. The van der Waals surface area contributed by atoms with Gasteiger partial charge in [0.1, 0.15) is 0 Å². The Bertz CT molecular complexity index is 242. The van der Waals surface area contributed by atoms with Crippen LogP contribution in [0, 0.1) is 5.92 Å². The average molecular weight is 247 g/mol. The van der Waals surface area contributed by atoms with Crippen LogP contribution in [0.3, 0.4) is 0 Å². The number of nitrogens with zero attached hydrogens (tertiary/aromatic N) is 1. The second-order valence-electron chi connectivity index (χ2n) is 4.51. The molecule has 1 fully saturated rings. The Morgan fingerprint density at radius 3 is 2.65 bits per heavy atom. The molecule has 0 radical (unpaired) electrons. The lowest BCUT2D eigenvalue weighted by molar-refractivity contribution is -0.148. The lowest BCUT2D eigenvalue weighted by Gasteiger charge is -2.37. The van der Waals surface area contributed by atoms with E-state index < -0.39 is 12.1 Å². The van der Waals surface area contributed by atoms with Crippen molar-refractivity contribution in [1.82, 2.24) is 4.90 Å². The summed E-state index contributed by atoms with van der Waals surface area (Å²) in [6.45, 7) is 4.11. The molecule has 2 unspecified atom stereocenters. The Labute approximate surface area is 101 Å². The quantitative estimate of drug-likeness (QED) is 0.597. The molecule has 0 saturated carbocycles. The molecule has 0 aliphatic carbocycles. The van der Waals surface area contributed by atoms with Crippen LogP contribution < -0.4 is 0 Å². The second kappa shape index (κ2) is 6.90. The Balaban J connectivity index is 2.06. The molecule has 6 heteroatoms. The van der Waals surface area contributed by atoms with Crippen LogP contribution >= 0.6 is 0 Å². The summed E-state index contributed by atoms with van der Waals surface area (Å²) in [5.41, 5.74) is 0. The zero-order chi connectivity index (χ0) is 12.8. The van der Waals surface area contributed by atoms with E-state index in [9.17, 15) is 9.90 Å². The summed E-state index contributed by atoms with van der Waals surface area (Å²) in [6, 6.07) is 0. The molecule has 1 aliphatic heterocycles. The summed E-state index contributed by atoms with van der Waals surface area (Å²) in [5, 5.41) is 18.4. The molecular formula is C11H21NO5. The van der Waals surface area contributed by atoms with Crippen molar-refractivity contribution >= 4 is 5.97 Å². The summed E-state index contributed by atoms with van der Waals surface area (Å²) < 4.78 is 10.3. The van der Waals surface area contributed by atoms with Gasteiger partial charge in [-0.25, -0.2) is 0 Å². The topological polar surface area (TPSA) is 79.2 Å². The molecule has 6 nitrogen and oxygen atoms in total. The summed E-state index contributed by atoms with van der Waals surface area (Å²) in [4.78, 5) is 12.5. The van der Waals surface area contributed by atoms with Gasteiger partial charge in [0.25, 0.3) is 0 Å². The third-order valence-electron chi connectivity index (χ3n) is 2.75. The number of rotatable bonds is 8. The standard InChI is InChI=1S/C11H21NO5/c1-8(6-16-2)17-7-10(13)5-12-3-9(4-12)11(14)15/h8-10,13H,3-7H2,1-2H3,(H,14,15). The van der Waals surface area contributed by atoms with Crippen LogP contribution in [0.25, 0.3) is 0 Å². The number of ether oxygens (including phenoxy) is 2. The molecule has 1 aliphatic rings. The fourth-order valence-corrected chi connectivity index (χ4v) is 1.78. The van der Waals surface area contributed by atoms with E-state index in [-0.39, 0.29) is 18.6 Å². The molecule has 2 N–H and O–H groups in total. The molecule has 0 aromatic heterocycles. The fourth-order valence-electron chi connectivity index (χ4n) is 1.78. The van der Waals surface area contributed by atoms with Gasteiger partial charge in [0, 0.05) is 26.7 Å². The maximum absolute atomic E-state index is 10.6. The summed E-state index contributed by atoms with van der Waals surface area (Å²) in [5.74, 6) is -1.05. The molecule has 0 spiro atoms. The number of aliphatic carboxylic acids is 1. The van der Waals surface area contributed by atoms with Crippen LogP contribution in [0.4, 0.5) is 0 Å². The van der Waals surface area contributed by atoms with Crippen molar-refractivity contribution in [2.45, 2.75) is 19.1 Å². The van der Waals surface area contributed by atoms with Crippen LogP contribution in [0.15, 0.2) is 0 Å². The number of carboxylic acids is 1. The van der Waals surface area contributed by atoms with E-state index in [1.165, 1.54) is 0 Å². The number of β-amino-alcohol motifs (C(OH)–C–C–N with tert-alkyl or cyclic N) is 1. The molecule has 0 bridgehead atoms. The smallest absolute Gasteiger partial charge is 0.309 e. The number of carbonyl (C=O) groups is 1. The monoisotopic (exact) mass is 247 g/mol. The summed E-state index contributed by atoms with van der Waals surface area (Å²) in [7, 11) is 1.60. The van der Waals surface area contributed by atoms with Crippen molar-refractivity contribution in [1.29, 1.82) is 0 Å². The molecular weight excluding hydrogens is 226 g/mol. The minimum atomic E-state index is -0.763. The maximum Gasteiger partial charge on any atom is 0.309 e. The van der Waals surface area contributed by atoms with Gasteiger partial charge in [-0.15, -0.1) is 0 Å². The average Bonchev–Trinajstić information content (AvgIpc) is 2.19. The van der Waals surface area contributed by atoms with Gasteiger partial charge in [-0.2, -0.15) is 0 Å². The highest BCUT2D eigenvalue weighted by Gasteiger charge is 2.33. The minimum Gasteiger partial charge on any atom is -0.481 e. The first-order chi connectivity index (χ1) is 8.02. The van der Waals surface area contributed by atoms with E-state index in [4.69, 9.17) is 14.6 Å². The predicted octanol–water partition coefficient (Wildman–Crippen LogP) is -0.585. The predicted molar refractivity (Wildman–Crippen MR) is 60.9 cm³/mol. The third-order valence-corrected chi connectivity index (χ3v) is 2.75. The highest BCUT2D eigenvalue weighted by molar-refractivity contribution is 5.71. The second-order valence-corrected chi connectivity index (χ2v) is 4.51. The molecule has 0 aromatic rings. The van der Waals surface area contributed by atoms with Gasteiger partial charge in [0.05, 0.1) is 31.3 Å². The Morgan fingerprint density at radius 1 is 1.47 bits per heavy atom. The molecule has 0 aromatic carbocycles. The van der Waals surface area contributed by atoms with E-state index in [2.05, 4.69) is 0 Å². The van der Waals surface area contributed by atoms with Gasteiger partial charge in [0.2, 0.25) is 0 Å². The normalized spacial score (nSPS) is 20.9. The van der Waals surface area contributed by atoms with Gasteiger partial charge in [-0.05, 0) is 6.92 Å². The van der Waals surface area contributed by atoms with Crippen LogP contribution in [-0.2, 0) is 14.3 Å². The van der Waals surface area contributed by atoms with Gasteiger partial charge >= 0.3 is 5.97 Å². The number of hydrogen-bond donors (Lipinski definition) is 2. The summed E-state index contributed by atoms with van der Waals surface area (Å²) >= 11 is 0. The van der Waals surface area contributed by atoms with E-state index in [1.54, 1.807) is 7.11 Å². The number of carboxylic acid groups (broad SMARTS) is 1. The Kier molecular flexibility index (Phi) is 5.84. The minimum absolute atomic E-state index is 0.0437. The first-order valence-corrected chi connectivity index (χ1v) is 5.76. The number of methoxy groups -OCH3 is 1. The number of hydrogen-bond acceptors (Lipinski definition) is 5. The van der Waals surface area contributed by atoms with Crippen LogP contribution in [0.5, 0.6) is 0 Å². The van der Waals surface area contributed by atoms with Crippen molar-refractivity contribution < 1.29 is 24.5 Å². The fraction of sp³-hybridized carbons (Fsp3) is 0.909. The van der Waals surface area contributed by atoms with Gasteiger partial charge < -0.3 is 19.7 Å². The van der Waals surface area contributed by atoms with E-state index in [0.717, 1.165) is 0 Å². The Morgan fingerprint density at radius 2 is 2.12 bits per heavy atom. The van der Waals surface area contributed by atoms with Crippen molar-refractivity contribution in [2.24, 2.45) is 5.92 Å². The van der Waals surface area contributed by atoms with E-state index in [0.29, 0.717) is 26.2 Å². The first-order valence-electron chi connectivity index (χ1n) is 5.76. The van der Waals surface area contributed by atoms with Gasteiger partial charge in [0.15, 0.2) is 0 Å². The molecule has 2 atom stereocenters. The molecule has 1 rings (SSSR count). The number of likely N-dealkylation sites (tertiary alicyclic amines) is 1. The van der Waals surface area contributed by atoms with Gasteiger partial charge in [-0.3, -0.25) is 9.69 Å². The van der Waals surface area contributed by atoms with Crippen LogP contribution in [0.1, 0.15) is 6.92 Å².